The molecule has 4 N–H and O–H groups in total. The molecule has 4 rings (SSSR count). The molecule has 0 aromatic heterocycles. The van der Waals surface area contributed by atoms with E-state index in [2.05, 4.69) is 34.9 Å². The van der Waals surface area contributed by atoms with Crippen LogP contribution in [0.25, 0.3) is 11.1 Å². The van der Waals surface area contributed by atoms with Gasteiger partial charge in [-0.2, -0.15) is 0 Å². The summed E-state index contributed by atoms with van der Waals surface area (Å²) in [5.74, 6) is -0.168. The molecule has 200 valence electrons. The van der Waals surface area contributed by atoms with Crippen molar-refractivity contribution in [3.8, 4) is 11.1 Å². The van der Waals surface area contributed by atoms with Gasteiger partial charge in [-0.3, -0.25) is 4.79 Å². The fourth-order valence-corrected chi connectivity index (χ4v) is 4.53. The van der Waals surface area contributed by atoms with Gasteiger partial charge in [0.05, 0.1) is 32.5 Å². The summed E-state index contributed by atoms with van der Waals surface area (Å²) in [6.45, 7) is 2.48. The molecule has 0 heterocycles. The van der Waals surface area contributed by atoms with E-state index < -0.39 is 12.1 Å². The minimum Gasteiger partial charge on any atom is -0.449 e. The van der Waals surface area contributed by atoms with Gasteiger partial charge in [0.2, 0.25) is 5.91 Å². The van der Waals surface area contributed by atoms with E-state index in [1.807, 2.05) is 54.6 Å². The highest BCUT2D eigenvalue weighted by Gasteiger charge is 2.28. The number of carbonyl (C=O) groups is 2. The quantitative estimate of drug-likeness (QED) is 0.283. The van der Waals surface area contributed by atoms with Crippen molar-refractivity contribution in [3.63, 3.8) is 0 Å². The fourth-order valence-electron chi connectivity index (χ4n) is 4.53. The topological polar surface area (TPSA) is 112 Å². The lowest BCUT2D eigenvalue weighted by molar-refractivity contribution is -0.122. The van der Waals surface area contributed by atoms with Crippen LogP contribution < -0.4 is 16.4 Å². The van der Waals surface area contributed by atoms with Gasteiger partial charge in [0.15, 0.2) is 0 Å². The predicted molar refractivity (Wildman–Crippen MR) is 146 cm³/mol. The number of nitrogens with two attached hydrogens (primary N) is 1. The summed E-state index contributed by atoms with van der Waals surface area (Å²) >= 11 is 0. The van der Waals surface area contributed by atoms with Crippen molar-refractivity contribution < 1.29 is 23.8 Å². The van der Waals surface area contributed by atoms with Gasteiger partial charge in [0.25, 0.3) is 0 Å². The van der Waals surface area contributed by atoms with Crippen LogP contribution in [0.3, 0.4) is 0 Å². The molecule has 0 spiro atoms. The molecular weight excluding hydrogens is 482 g/mol. The highest BCUT2D eigenvalue weighted by Crippen LogP contribution is 2.44. The monoisotopic (exact) mass is 517 g/mol. The third-order valence-corrected chi connectivity index (χ3v) is 6.41. The number of rotatable bonds is 14. The molecule has 0 aliphatic heterocycles. The molecular formula is C30H35N3O5. The Hall–Kier alpha value is -3.72. The van der Waals surface area contributed by atoms with Gasteiger partial charge in [-0.1, -0.05) is 78.9 Å². The van der Waals surface area contributed by atoms with Crippen molar-refractivity contribution in [3.05, 3.63) is 95.6 Å². The Morgan fingerprint density at radius 2 is 1.29 bits per heavy atom. The first-order valence-electron chi connectivity index (χ1n) is 12.9. The van der Waals surface area contributed by atoms with Crippen LogP contribution in [0.15, 0.2) is 78.9 Å². The third kappa shape index (κ3) is 7.64. The predicted octanol–water partition coefficient (Wildman–Crippen LogP) is 3.24. The number of amides is 2. The van der Waals surface area contributed by atoms with E-state index in [1.54, 1.807) is 0 Å². The van der Waals surface area contributed by atoms with Gasteiger partial charge in [-0.15, -0.1) is 0 Å². The van der Waals surface area contributed by atoms with Crippen molar-refractivity contribution in [1.82, 2.24) is 10.6 Å². The Morgan fingerprint density at radius 3 is 1.92 bits per heavy atom. The first-order valence-corrected chi connectivity index (χ1v) is 12.9. The Bertz CT molecular complexity index is 1140. The molecule has 8 nitrogen and oxygen atoms in total. The Kier molecular flexibility index (Phi) is 10.3. The number of fused-ring (bicyclic) bond motifs is 3. The van der Waals surface area contributed by atoms with Crippen molar-refractivity contribution in [1.29, 1.82) is 0 Å². The van der Waals surface area contributed by atoms with Crippen LogP contribution in [-0.2, 0) is 25.4 Å². The average Bonchev–Trinajstić information content (AvgIpc) is 3.27. The van der Waals surface area contributed by atoms with Gasteiger partial charge < -0.3 is 30.6 Å². The molecule has 3 aromatic carbocycles. The summed E-state index contributed by atoms with van der Waals surface area (Å²) in [6.07, 6.45) is 0.0266. The van der Waals surface area contributed by atoms with E-state index in [0.29, 0.717) is 45.9 Å². The molecule has 8 heteroatoms. The van der Waals surface area contributed by atoms with Crippen LogP contribution in [0.2, 0.25) is 0 Å². The first-order chi connectivity index (χ1) is 18.6. The maximum atomic E-state index is 12.2. The summed E-state index contributed by atoms with van der Waals surface area (Å²) in [6, 6.07) is 25.5. The highest BCUT2D eigenvalue weighted by molar-refractivity contribution is 5.81. The zero-order valence-electron chi connectivity index (χ0n) is 21.4. The van der Waals surface area contributed by atoms with E-state index in [9.17, 15) is 9.59 Å². The van der Waals surface area contributed by atoms with E-state index in [0.717, 1.165) is 5.56 Å². The number of ether oxygens (including phenoxy) is 3. The van der Waals surface area contributed by atoms with Crippen molar-refractivity contribution >= 4 is 12.0 Å². The summed E-state index contributed by atoms with van der Waals surface area (Å²) in [7, 11) is 0. The van der Waals surface area contributed by atoms with Crippen LogP contribution in [0.4, 0.5) is 4.79 Å². The first kappa shape index (κ1) is 27.3. The van der Waals surface area contributed by atoms with Gasteiger partial charge in [-0.05, 0) is 34.2 Å². The largest absolute Gasteiger partial charge is 0.449 e. The molecule has 0 fully saturated rings. The van der Waals surface area contributed by atoms with Gasteiger partial charge in [0, 0.05) is 19.0 Å². The second-order valence-electron chi connectivity index (χ2n) is 9.06. The second kappa shape index (κ2) is 14.3. The molecule has 0 unspecified atom stereocenters. The maximum absolute atomic E-state index is 12.2. The SMILES string of the molecule is N[C@@H](Cc1ccccc1)C(=O)NCCOCCOCCNC(=O)OCC1c2ccccc2-c2ccccc21. The standard InChI is InChI=1S/C30H35N3O5/c31-28(20-22-8-2-1-3-9-22)29(34)32-14-16-36-18-19-37-17-15-33-30(35)38-21-27-25-12-6-4-10-23(25)24-11-5-7-13-26(24)27/h1-13,27-28H,14-21,31H2,(H,32,34)(H,33,35)/t28-/m0/s1. The lowest BCUT2D eigenvalue weighted by Crippen LogP contribution is -2.43. The van der Waals surface area contributed by atoms with Crippen LogP contribution in [0.1, 0.15) is 22.6 Å². The van der Waals surface area contributed by atoms with Crippen LogP contribution in [0.5, 0.6) is 0 Å². The van der Waals surface area contributed by atoms with Crippen molar-refractivity contribution in [2.45, 2.75) is 18.4 Å². The zero-order valence-corrected chi connectivity index (χ0v) is 21.4. The summed E-state index contributed by atoms with van der Waals surface area (Å²) in [4.78, 5) is 24.3. The Labute approximate surface area is 223 Å². The molecule has 2 amide bonds. The summed E-state index contributed by atoms with van der Waals surface area (Å²) in [5.41, 5.74) is 11.7. The van der Waals surface area contributed by atoms with Crippen molar-refractivity contribution in [2.24, 2.45) is 5.73 Å². The number of carbonyl (C=O) groups excluding carboxylic acids is 2. The Balaban J connectivity index is 1.01. The van der Waals surface area contributed by atoms with Crippen LogP contribution in [-0.4, -0.2) is 64.2 Å². The summed E-state index contributed by atoms with van der Waals surface area (Å²) in [5, 5.41) is 5.50. The lowest BCUT2D eigenvalue weighted by atomic mass is 9.98. The molecule has 1 aliphatic rings. The fraction of sp³-hybridized carbons (Fsp3) is 0.333. The lowest BCUT2D eigenvalue weighted by Gasteiger charge is -2.14. The number of benzene rings is 3. The van der Waals surface area contributed by atoms with Gasteiger partial charge in [-0.25, -0.2) is 4.79 Å². The molecule has 3 aromatic rings. The third-order valence-electron chi connectivity index (χ3n) is 6.41. The van der Waals surface area contributed by atoms with E-state index in [-0.39, 0.29) is 18.4 Å². The average molecular weight is 518 g/mol. The zero-order chi connectivity index (χ0) is 26.6. The van der Waals surface area contributed by atoms with Gasteiger partial charge >= 0.3 is 6.09 Å². The molecule has 1 atom stereocenters. The smallest absolute Gasteiger partial charge is 0.407 e. The molecule has 0 radical (unpaired) electrons. The molecule has 38 heavy (non-hydrogen) atoms. The number of nitrogens with one attached hydrogen (secondary N) is 2. The molecule has 0 bridgehead atoms. The van der Waals surface area contributed by atoms with Crippen molar-refractivity contribution in [2.75, 3.05) is 46.1 Å². The maximum Gasteiger partial charge on any atom is 0.407 e. The van der Waals surface area contributed by atoms with E-state index >= 15 is 0 Å². The summed E-state index contributed by atoms with van der Waals surface area (Å²) < 4.78 is 16.5. The van der Waals surface area contributed by atoms with Crippen LogP contribution >= 0.6 is 0 Å². The molecule has 0 saturated heterocycles. The number of hydrogen-bond donors (Lipinski definition) is 3. The van der Waals surface area contributed by atoms with E-state index in [4.69, 9.17) is 19.9 Å². The highest BCUT2D eigenvalue weighted by atomic mass is 16.6. The minimum absolute atomic E-state index is 0.0333. The number of hydrogen-bond acceptors (Lipinski definition) is 6. The minimum atomic E-state index is -0.593. The van der Waals surface area contributed by atoms with Gasteiger partial charge in [0.1, 0.15) is 6.61 Å². The van der Waals surface area contributed by atoms with E-state index in [1.165, 1.54) is 22.3 Å². The van der Waals surface area contributed by atoms with Crippen LogP contribution in [0, 0.1) is 0 Å². The number of alkyl carbamates (subject to hydrolysis) is 1. The second-order valence-corrected chi connectivity index (χ2v) is 9.06. The molecule has 0 saturated carbocycles. The normalized spacial score (nSPS) is 12.9. The Morgan fingerprint density at radius 1 is 0.737 bits per heavy atom. The molecule has 1 aliphatic carbocycles.